The van der Waals surface area contributed by atoms with Crippen molar-refractivity contribution in [2.75, 3.05) is 37.8 Å². The number of amides is 1. The molecule has 21 heavy (non-hydrogen) atoms. The van der Waals surface area contributed by atoms with Gasteiger partial charge in [0, 0.05) is 30.2 Å². The van der Waals surface area contributed by atoms with E-state index in [4.69, 9.17) is 9.47 Å². The molecule has 0 N–H and O–H groups in total. The number of thioether (sulfide) groups is 1. The molecule has 0 bridgehead atoms. The summed E-state index contributed by atoms with van der Waals surface area (Å²) in [7, 11) is 0. The molecule has 0 aliphatic carbocycles. The molecule has 3 rings (SSSR count). The van der Waals surface area contributed by atoms with Gasteiger partial charge in [-0.05, 0) is 31.2 Å². The van der Waals surface area contributed by atoms with Crippen LogP contribution in [0.4, 0.5) is 0 Å². The van der Waals surface area contributed by atoms with E-state index in [9.17, 15) is 4.79 Å². The summed E-state index contributed by atoms with van der Waals surface area (Å²) in [5.74, 6) is 3.75. The highest BCUT2D eigenvalue weighted by atomic mass is 32.2. The van der Waals surface area contributed by atoms with Gasteiger partial charge in [0.25, 0.3) is 5.91 Å². The molecule has 0 radical (unpaired) electrons. The number of rotatable bonds is 3. The van der Waals surface area contributed by atoms with Gasteiger partial charge in [0.05, 0.1) is 12.2 Å². The van der Waals surface area contributed by atoms with Gasteiger partial charge in [0.15, 0.2) is 0 Å². The van der Waals surface area contributed by atoms with Crippen LogP contribution < -0.4 is 9.47 Å². The SMILES string of the molecule is CCOc1ccc2c(c1)C=C(C(=O)N1CCSCC1)CO2. The number of benzene rings is 1. The van der Waals surface area contributed by atoms with E-state index in [2.05, 4.69) is 0 Å². The summed E-state index contributed by atoms with van der Waals surface area (Å²) >= 11 is 1.90. The molecule has 112 valence electrons. The highest BCUT2D eigenvalue weighted by Crippen LogP contribution is 2.30. The van der Waals surface area contributed by atoms with E-state index in [1.807, 2.05) is 47.9 Å². The van der Waals surface area contributed by atoms with E-state index >= 15 is 0 Å². The van der Waals surface area contributed by atoms with Crippen LogP contribution in [0.2, 0.25) is 0 Å². The number of ether oxygens (including phenoxy) is 2. The second kappa shape index (κ2) is 6.43. The molecule has 1 aromatic carbocycles. The Hall–Kier alpha value is -1.62. The molecule has 1 aromatic rings. The lowest BCUT2D eigenvalue weighted by atomic mass is 10.1. The fraction of sp³-hybridized carbons (Fsp3) is 0.438. The minimum absolute atomic E-state index is 0.0998. The van der Waals surface area contributed by atoms with Gasteiger partial charge in [-0.3, -0.25) is 4.79 Å². The minimum atomic E-state index is 0.0998. The van der Waals surface area contributed by atoms with E-state index in [1.54, 1.807) is 0 Å². The zero-order chi connectivity index (χ0) is 14.7. The number of carbonyl (C=O) groups excluding carboxylic acids is 1. The van der Waals surface area contributed by atoms with Gasteiger partial charge in [-0.25, -0.2) is 0 Å². The Labute approximate surface area is 129 Å². The van der Waals surface area contributed by atoms with Crippen molar-refractivity contribution in [1.29, 1.82) is 0 Å². The number of carbonyl (C=O) groups is 1. The lowest BCUT2D eigenvalue weighted by Gasteiger charge is -2.28. The summed E-state index contributed by atoms with van der Waals surface area (Å²) < 4.78 is 11.2. The topological polar surface area (TPSA) is 38.8 Å². The minimum Gasteiger partial charge on any atom is -0.494 e. The summed E-state index contributed by atoms with van der Waals surface area (Å²) in [4.78, 5) is 14.4. The first-order valence-electron chi connectivity index (χ1n) is 7.25. The Bertz CT molecular complexity index is 565. The quantitative estimate of drug-likeness (QED) is 0.860. The van der Waals surface area contributed by atoms with Crippen LogP contribution in [-0.4, -0.2) is 48.6 Å². The highest BCUT2D eigenvalue weighted by molar-refractivity contribution is 7.99. The van der Waals surface area contributed by atoms with Gasteiger partial charge in [0.1, 0.15) is 18.1 Å². The van der Waals surface area contributed by atoms with Crippen molar-refractivity contribution in [2.24, 2.45) is 0 Å². The van der Waals surface area contributed by atoms with Crippen LogP contribution in [0, 0.1) is 0 Å². The van der Waals surface area contributed by atoms with Crippen LogP contribution in [0.15, 0.2) is 23.8 Å². The van der Waals surface area contributed by atoms with Crippen molar-refractivity contribution in [3.05, 3.63) is 29.3 Å². The molecular formula is C16H19NO3S. The molecule has 0 unspecified atom stereocenters. The van der Waals surface area contributed by atoms with Crippen molar-refractivity contribution in [3.63, 3.8) is 0 Å². The van der Waals surface area contributed by atoms with Gasteiger partial charge < -0.3 is 14.4 Å². The standard InChI is InChI=1S/C16H19NO3S/c1-2-19-14-3-4-15-12(10-14)9-13(11-20-15)16(18)17-5-7-21-8-6-17/h3-4,9-10H,2,5-8,11H2,1H3. The van der Waals surface area contributed by atoms with Crippen molar-refractivity contribution in [3.8, 4) is 11.5 Å². The molecule has 0 atom stereocenters. The van der Waals surface area contributed by atoms with Gasteiger partial charge in [-0.2, -0.15) is 11.8 Å². The first kappa shape index (κ1) is 14.3. The van der Waals surface area contributed by atoms with E-state index in [-0.39, 0.29) is 5.91 Å². The van der Waals surface area contributed by atoms with E-state index in [0.29, 0.717) is 13.2 Å². The molecule has 0 saturated carbocycles. The third-order valence-corrected chi connectivity index (χ3v) is 4.52. The largest absolute Gasteiger partial charge is 0.494 e. The maximum absolute atomic E-state index is 12.5. The van der Waals surface area contributed by atoms with Gasteiger partial charge in [-0.15, -0.1) is 0 Å². The number of fused-ring (bicyclic) bond motifs is 1. The van der Waals surface area contributed by atoms with Crippen molar-refractivity contribution in [2.45, 2.75) is 6.92 Å². The summed E-state index contributed by atoms with van der Waals surface area (Å²) in [6.45, 7) is 4.58. The Balaban J connectivity index is 1.81. The first-order chi connectivity index (χ1) is 10.3. The zero-order valence-corrected chi connectivity index (χ0v) is 12.9. The molecule has 0 aromatic heterocycles. The number of nitrogens with zero attached hydrogens (tertiary/aromatic N) is 1. The number of hydrogen-bond acceptors (Lipinski definition) is 4. The normalized spacial score (nSPS) is 17.6. The van der Waals surface area contributed by atoms with Crippen LogP contribution in [0.3, 0.4) is 0 Å². The second-order valence-corrected chi connectivity index (χ2v) is 6.22. The van der Waals surface area contributed by atoms with Gasteiger partial charge in [0.2, 0.25) is 0 Å². The second-order valence-electron chi connectivity index (χ2n) is 5.00. The lowest BCUT2D eigenvalue weighted by Crippen LogP contribution is -2.40. The molecule has 4 nitrogen and oxygen atoms in total. The molecule has 1 saturated heterocycles. The average molecular weight is 305 g/mol. The lowest BCUT2D eigenvalue weighted by molar-refractivity contribution is -0.127. The smallest absolute Gasteiger partial charge is 0.253 e. The van der Waals surface area contributed by atoms with Crippen LogP contribution in [-0.2, 0) is 4.79 Å². The van der Waals surface area contributed by atoms with E-state index in [1.165, 1.54) is 0 Å². The Morgan fingerprint density at radius 2 is 2.19 bits per heavy atom. The van der Waals surface area contributed by atoms with Gasteiger partial charge >= 0.3 is 0 Å². The molecule has 2 aliphatic rings. The molecule has 1 amide bonds. The van der Waals surface area contributed by atoms with Crippen LogP contribution >= 0.6 is 11.8 Å². The summed E-state index contributed by atoms with van der Waals surface area (Å²) in [5.41, 5.74) is 1.64. The average Bonchev–Trinajstić information content (AvgIpc) is 2.54. The molecule has 5 heteroatoms. The zero-order valence-electron chi connectivity index (χ0n) is 12.1. The van der Waals surface area contributed by atoms with Crippen molar-refractivity contribution in [1.82, 2.24) is 4.90 Å². The fourth-order valence-corrected chi connectivity index (χ4v) is 3.41. The number of hydrogen-bond donors (Lipinski definition) is 0. The van der Waals surface area contributed by atoms with E-state index in [0.717, 1.165) is 47.2 Å². The monoisotopic (exact) mass is 305 g/mol. The molecule has 2 heterocycles. The van der Waals surface area contributed by atoms with E-state index < -0.39 is 0 Å². The Morgan fingerprint density at radius 1 is 1.38 bits per heavy atom. The maximum atomic E-state index is 12.5. The molecule has 0 spiro atoms. The summed E-state index contributed by atoms with van der Waals surface area (Å²) in [6.07, 6.45) is 1.94. The van der Waals surface area contributed by atoms with Crippen molar-refractivity contribution >= 4 is 23.7 Å². The Morgan fingerprint density at radius 3 is 2.95 bits per heavy atom. The fourth-order valence-electron chi connectivity index (χ4n) is 2.51. The first-order valence-corrected chi connectivity index (χ1v) is 8.40. The van der Waals surface area contributed by atoms with Crippen LogP contribution in [0.25, 0.3) is 6.08 Å². The predicted molar refractivity (Wildman–Crippen MR) is 85.0 cm³/mol. The highest BCUT2D eigenvalue weighted by Gasteiger charge is 2.23. The van der Waals surface area contributed by atoms with Crippen LogP contribution in [0.5, 0.6) is 11.5 Å². The third kappa shape index (κ3) is 3.18. The molecular weight excluding hydrogens is 286 g/mol. The van der Waals surface area contributed by atoms with Crippen LogP contribution in [0.1, 0.15) is 12.5 Å². The summed E-state index contributed by atoms with van der Waals surface area (Å²) in [5, 5.41) is 0. The summed E-state index contributed by atoms with van der Waals surface area (Å²) in [6, 6.07) is 5.72. The van der Waals surface area contributed by atoms with Gasteiger partial charge in [-0.1, -0.05) is 0 Å². The predicted octanol–water partition coefficient (Wildman–Crippen LogP) is 2.44. The maximum Gasteiger partial charge on any atom is 0.253 e. The third-order valence-electron chi connectivity index (χ3n) is 3.58. The molecule has 1 fully saturated rings. The molecule has 2 aliphatic heterocycles. The Kier molecular flexibility index (Phi) is 4.39. The van der Waals surface area contributed by atoms with Crippen molar-refractivity contribution < 1.29 is 14.3 Å².